The molecule has 7 heteroatoms. The lowest BCUT2D eigenvalue weighted by Crippen LogP contribution is -2.30. The van der Waals surface area contributed by atoms with Gasteiger partial charge in [-0.25, -0.2) is 0 Å². The maximum atomic E-state index is 12.0. The Balaban J connectivity index is 1.99. The molecule has 120 valence electrons. The van der Waals surface area contributed by atoms with E-state index in [4.69, 9.17) is 5.11 Å². The summed E-state index contributed by atoms with van der Waals surface area (Å²) in [5.74, 6) is 2.09. The monoisotopic (exact) mass is 340 g/mol. The molecule has 1 aromatic rings. The summed E-state index contributed by atoms with van der Waals surface area (Å²) < 4.78 is 0. The molecule has 0 radical (unpaired) electrons. The van der Waals surface area contributed by atoms with Crippen molar-refractivity contribution < 1.29 is 14.7 Å². The topological polar surface area (TPSA) is 69.6 Å². The van der Waals surface area contributed by atoms with Crippen LogP contribution in [0.15, 0.2) is 24.3 Å². The number of thioether (sulfide) groups is 2. The highest BCUT2D eigenvalue weighted by Crippen LogP contribution is 2.38. The molecule has 1 saturated heterocycles. The minimum absolute atomic E-state index is 0.0357. The van der Waals surface area contributed by atoms with Gasteiger partial charge in [-0.2, -0.15) is 11.8 Å². The van der Waals surface area contributed by atoms with Gasteiger partial charge in [0.25, 0.3) is 0 Å². The third-order valence-electron chi connectivity index (χ3n) is 3.20. The van der Waals surface area contributed by atoms with Crippen LogP contribution in [-0.4, -0.2) is 52.2 Å². The average molecular weight is 340 g/mol. The van der Waals surface area contributed by atoms with E-state index in [0.717, 1.165) is 17.0 Å². The fourth-order valence-electron chi connectivity index (χ4n) is 2.24. The van der Waals surface area contributed by atoms with E-state index in [1.165, 1.54) is 6.92 Å². The first-order valence-electron chi connectivity index (χ1n) is 7.09. The van der Waals surface area contributed by atoms with Crippen molar-refractivity contribution in [1.29, 1.82) is 0 Å². The molecule has 0 bridgehead atoms. The van der Waals surface area contributed by atoms with E-state index in [9.17, 15) is 9.59 Å². The van der Waals surface area contributed by atoms with E-state index < -0.39 is 0 Å². The Morgan fingerprint density at radius 2 is 2.14 bits per heavy atom. The van der Waals surface area contributed by atoms with Crippen molar-refractivity contribution >= 4 is 41.0 Å². The first kappa shape index (κ1) is 17.2. The third-order valence-corrected chi connectivity index (χ3v) is 5.39. The van der Waals surface area contributed by atoms with Crippen molar-refractivity contribution in [2.24, 2.45) is 0 Å². The molecule has 2 rings (SSSR count). The van der Waals surface area contributed by atoms with E-state index in [1.807, 2.05) is 29.2 Å². The fourth-order valence-corrected chi connectivity index (χ4v) is 4.11. The Labute approximate surface area is 138 Å². The molecule has 22 heavy (non-hydrogen) atoms. The average Bonchev–Trinajstić information content (AvgIpc) is 2.85. The van der Waals surface area contributed by atoms with Gasteiger partial charge in [0.05, 0.1) is 12.4 Å². The zero-order valence-electron chi connectivity index (χ0n) is 12.4. The Morgan fingerprint density at radius 1 is 1.41 bits per heavy atom. The first-order chi connectivity index (χ1) is 10.6. The number of aliphatic hydroxyl groups excluding tert-OH is 1. The van der Waals surface area contributed by atoms with Crippen molar-refractivity contribution in [2.75, 3.05) is 35.7 Å². The van der Waals surface area contributed by atoms with Gasteiger partial charge < -0.3 is 15.3 Å². The smallest absolute Gasteiger partial charge is 0.233 e. The lowest BCUT2D eigenvalue weighted by molar-refractivity contribution is -0.127. The number of benzene rings is 1. The number of nitrogens with one attached hydrogen (secondary N) is 1. The highest BCUT2D eigenvalue weighted by atomic mass is 32.2. The number of amides is 2. The van der Waals surface area contributed by atoms with Crippen molar-refractivity contribution in [3.63, 3.8) is 0 Å². The summed E-state index contributed by atoms with van der Waals surface area (Å²) >= 11 is 3.27. The van der Waals surface area contributed by atoms with Crippen LogP contribution in [-0.2, 0) is 9.59 Å². The quantitative estimate of drug-likeness (QED) is 0.743. The molecular formula is C15H20N2O3S2. The predicted octanol–water partition coefficient (Wildman–Crippen LogP) is 1.94. The van der Waals surface area contributed by atoms with Crippen molar-refractivity contribution in [1.82, 2.24) is 4.90 Å². The maximum absolute atomic E-state index is 12.0. The minimum Gasteiger partial charge on any atom is -0.396 e. The molecule has 1 aromatic carbocycles. The van der Waals surface area contributed by atoms with Gasteiger partial charge in [-0.05, 0) is 17.7 Å². The van der Waals surface area contributed by atoms with Crippen LogP contribution < -0.4 is 5.32 Å². The van der Waals surface area contributed by atoms with Crippen LogP contribution in [0.25, 0.3) is 0 Å². The molecule has 0 saturated carbocycles. The molecule has 0 spiro atoms. The largest absolute Gasteiger partial charge is 0.396 e. The van der Waals surface area contributed by atoms with Gasteiger partial charge in [0.2, 0.25) is 11.8 Å². The number of anilines is 1. The molecule has 5 nitrogen and oxygen atoms in total. The molecular weight excluding hydrogens is 320 g/mol. The molecule has 1 aliphatic heterocycles. The van der Waals surface area contributed by atoms with E-state index in [2.05, 4.69) is 5.32 Å². The van der Waals surface area contributed by atoms with Crippen LogP contribution in [0.2, 0.25) is 0 Å². The van der Waals surface area contributed by atoms with Crippen molar-refractivity contribution in [3.05, 3.63) is 29.8 Å². The summed E-state index contributed by atoms with van der Waals surface area (Å²) in [5, 5.41) is 11.6. The molecule has 0 aliphatic carbocycles. The molecule has 1 heterocycles. The lowest BCUT2D eigenvalue weighted by Gasteiger charge is -2.24. The maximum Gasteiger partial charge on any atom is 0.233 e. The number of carbonyl (C=O) groups excluding carboxylic acids is 2. The second-order valence-corrected chi connectivity index (χ2v) is 7.18. The number of rotatable bonds is 7. The highest BCUT2D eigenvalue weighted by Gasteiger charge is 2.32. The minimum atomic E-state index is -0.0966. The number of hydrogen-bond acceptors (Lipinski definition) is 5. The fraction of sp³-hybridized carbons (Fsp3) is 0.467. The van der Waals surface area contributed by atoms with Crippen LogP contribution in [0.4, 0.5) is 5.69 Å². The SMILES string of the molecule is CC(=O)Nc1ccc(C2SCC(=O)N2CCSCCO)cc1. The van der Waals surface area contributed by atoms with E-state index in [-0.39, 0.29) is 23.8 Å². The summed E-state index contributed by atoms with van der Waals surface area (Å²) in [6, 6.07) is 7.63. The normalized spacial score (nSPS) is 17.8. The lowest BCUT2D eigenvalue weighted by atomic mass is 10.2. The molecule has 1 aliphatic rings. The van der Waals surface area contributed by atoms with Gasteiger partial charge in [-0.15, -0.1) is 11.8 Å². The van der Waals surface area contributed by atoms with Crippen LogP contribution in [0, 0.1) is 0 Å². The Bertz CT molecular complexity index is 522. The van der Waals surface area contributed by atoms with Crippen LogP contribution in [0.5, 0.6) is 0 Å². The standard InChI is InChI=1S/C15H20N2O3S2/c1-11(19)16-13-4-2-12(3-5-13)15-17(14(20)10-22-15)6-8-21-9-7-18/h2-5,15,18H,6-10H2,1H3,(H,16,19). The van der Waals surface area contributed by atoms with Gasteiger partial charge in [0.15, 0.2) is 0 Å². The molecule has 1 fully saturated rings. The highest BCUT2D eigenvalue weighted by molar-refractivity contribution is 8.00. The molecule has 0 aromatic heterocycles. The van der Waals surface area contributed by atoms with Gasteiger partial charge in [0, 0.05) is 30.7 Å². The van der Waals surface area contributed by atoms with Gasteiger partial charge in [-0.3, -0.25) is 9.59 Å². The molecule has 1 atom stereocenters. The van der Waals surface area contributed by atoms with Gasteiger partial charge >= 0.3 is 0 Å². The number of hydrogen-bond donors (Lipinski definition) is 2. The summed E-state index contributed by atoms with van der Waals surface area (Å²) in [6.45, 7) is 2.33. The van der Waals surface area contributed by atoms with Crippen LogP contribution in [0.1, 0.15) is 17.9 Å². The molecule has 2 amide bonds. The summed E-state index contributed by atoms with van der Waals surface area (Å²) in [5.41, 5.74) is 1.83. The molecule has 2 N–H and O–H groups in total. The van der Waals surface area contributed by atoms with E-state index >= 15 is 0 Å². The zero-order valence-corrected chi connectivity index (χ0v) is 14.1. The number of carbonyl (C=O) groups is 2. The second kappa shape index (κ2) is 8.45. The van der Waals surface area contributed by atoms with E-state index in [1.54, 1.807) is 23.5 Å². The summed E-state index contributed by atoms with van der Waals surface area (Å²) in [4.78, 5) is 24.9. The predicted molar refractivity (Wildman–Crippen MR) is 92.1 cm³/mol. The number of nitrogens with zero attached hydrogens (tertiary/aromatic N) is 1. The first-order valence-corrected chi connectivity index (χ1v) is 9.29. The van der Waals surface area contributed by atoms with Crippen molar-refractivity contribution in [3.8, 4) is 0 Å². The van der Waals surface area contributed by atoms with Crippen LogP contribution in [0.3, 0.4) is 0 Å². The van der Waals surface area contributed by atoms with Gasteiger partial charge in [-0.1, -0.05) is 12.1 Å². The molecule has 1 unspecified atom stereocenters. The Morgan fingerprint density at radius 3 is 2.77 bits per heavy atom. The Kier molecular flexibility index (Phi) is 6.60. The summed E-state index contributed by atoms with van der Waals surface area (Å²) in [6.07, 6.45) is 0. The van der Waals surface area contributed by atoms with Crippen molar-refractivity contribution in [2.45, 2.75) is 12.3 Å². The Hall–Kier alpha value is -1.18. The summed E-state index contributed by atoms with van der Waals surface area (Å²) in [7, 11) is 0. The third kappa shape index (κ3) is 4.66. The van der Waals surface area contributed by atoms with E-state index in [0.29, 0.717) is 18.1 Å². The van der Waals surface area contributed by atoms with Crippen LogP contribution >= 0.6 is 23.5 Å². The zero-order chi connectivity index (χ0) is 15.9. The number of aliphatic hydroxyl groups is 1. The van der Waals surface area contributed by atoms with Gasteiger partial charge in [0.1, 0.15) is 5.37 Å². The second-order valence-electron chi connectivity index (χ2n) is 4.89.